The maximum atomic E-state index is 14.5. The van der Waals surface area contributed by atoms with Gasteiger partial charge in [-0.15, -0.1) is 4.98 Å². The van der Waals surface area contributed by atoms with Crippen LogP contribution < -0.4 is 10.6 Å². The SMILES string of the molecule is [C-]#[N+]c1nc2c(nc1N1CCC(C)(CN)CC1)CN=C2c1cccc(Cl)c1F. The van der Waals surface area contributed by atoms with E-state index in [1.807, 2.05) is 0 Å². The summed E-state index contributed by atoms with van der Waals surface area (Å²) in [6.07, 6.45) is 1.88. The first-order valence-electron chi connectivity index (χ1n) is 9.18. The second-order valence-electron chi connectivity index (χ2n) is 7.55. The number of nitrogens with two attached hydrogens (primary N) is 1. The number of hydrogen-bond acceptors (Lipinski definition) is 5. The minimum Gasteiger partial charge on any atom is -0.364 e. The van der Waals surface area contributed by atoms with Crippen LogP contribution in [0.5, 0.6) is 0 Å². The first-order valence-corrected chi connectivity index (χ1v) is 9.56. The lowest BCUT2D eigenvalue weighted by molar-refractivity contribution is 0.258. The zero-order valence-electron chi connectivity index (χ0n) is 15.5. The summed E-state index contributed by atoms with van der Waals surface area (Å²) < 4.78 is 14.5. The molecule has 1 aromatic carbocycles. The molecule has 0 spiro atoms. The van der Waals surface area contributed by atoms with Gasteiger partial charge >= 0.3 is 5.82 Å². The molecule has 2 aromatic rings. The Morgan fingerprint density at radius 2 is 2.07 bits per heavy atom. The van der Waals surface area contributed by atoms with Crippen LogP contribution in [0.2, 0.25) is 5.02 Å². The molecule has 2 aliphatic heterocycles. The molecule has 1 aromatic heterocycles. The standard InChI is InChI=1S/C20H20ClFN6/c1-20(11-23)6-8-28(9-7-20)19-18(24-2)27-17-14(26-19)10-25-16(17)12-4-3-5-13(21)15(12)22/h3-5H,6-11,23H2,1H3. The number of piperidine rings is 1. The van der Waals surface area contributed by atoms with Gasteiger partial charge in [-0.3, -0.25) is 4.99 Å². The average Bonchev–Trinajstić information content (AvgIpc) is 3.12. The summed E-state index contributed by atoms with van der Waals surface area (Å²) in [5.74, 6) is 0.256. The highest BCUT2D eigenvalue weighted by molar-refractivity contribution is 6.31. The van der Waals surface area contributed by atoms with Crippen molar-refractivity contribution in [1.29, 1.82) is 0 Å². The molecule has 0 aliphatic carbocycles. The van der Waals surface area contributed by atoms with Gasteiger partial charge in [0, 0.05) is 18.7 Å². The first kappa shape index (κ1) is 18.8. The predicted molar refractivity (Wildman–Crippen MR) is 108 cm³/mol. The van der Waals surface area contributed by atoms with Crippen LogP contribution in [-0.2, 0) is 6.54 Å². The normalized spacial score (nSPS) is 17.8. The molecule has 4 rings (SSSR count). The van der Waals surface area contributed by atoms with E-state index in [9.17, 15) is 4.39 Å². The van der Waals surface area contributed by atoms with Crippen molar-refractivity contribution in [1.82, 2.24) is 9.97 Å². The van der Waals surface area contributed by atoms with Gasteiger partial charge in [-0.2, -0.15) is 0 Å². The zero-order chi connectivity index (χ0) is 19.9. The summed E-state index contributed by atoms with van der Waals surface area (Å²) in [7, 11) is 0. The number of benzene rings is 1. The van der Waals surface area contributed by atoms with Crippen LogP contribution in [0.4, 0.5) is 16.0 Å². The molecule has 0 saturated carbocycles. The van der Waals surface area contributed by atoms with Crippen LogP contribution in [0.1, 0.15) is 36.7 Å². The highest BCUT2D eigenvalue weighted by Crippen LogP contribution is 2.36. The van der Waals surface area contributed by atoms with E-state index in [4.69, 9.17) is 28.9 Å². The highest BCUT2D eigenvalue weighted by atomic mass is 35.5. The van der Waals surface area contributed by atoms with E-state index in [1.54, 1.807) is 12.1 Å². The highest BCUT2D eigenvalue weighted by Gasteiger charge is 2.33. The maximum absolute atomic E-state index is 14.5. The molecule has 1 saturated heterocycles. The number of nitrogens with zero attached hydrogens (tertiary/aromatic N) is 5. The minimum atomic E-state index is -0.539. The van der Waals surface area contributed by atoms with Crippen LogP contribution in [0.25, 0.3) is 4.85 Å². The number of aromatic nitrogens is 2. The molecular formula is C20H20ClFN6. The van der Waals surface area contributed by atoms with Crippen molar-refractivity contribution in [2.45, 2.75) is 26.3 Å². The Morgan fingerprint density at radius 3 is 2.75 bits per heavy atom. The number of hydrogen-bond donors (Lipinski definition) is 1. The number of halogens is 2. The van der Waals surface area contributed by atoms with Crippen molar-refractivity contribution >= 4 is 28.9 Å². The lowest BCUT2D eigenvalue weighted by Crippen LogP contribution is -2.42. The third-order valence-electron chi connectivity index (χ3n) is 5.62. The first-order chi connectivity index (χ1) is 13.5. The topological polar surface area (TPSA) is 71.8 Å². The van der Waals surface area contributed by atoms with Crippen molar-refractivity contribution in [3.8, 4) is 0 Å². The minimum absolute atomic E-state index is 0.0277. The maximum Gasteiger partial charge on any atom is 0.312 e. The van der Waals surface area contributed by atoms with Gasteiger partial charge in [0.25, 0.3) is 0 Å². The molecule has 8 heteroatoms. The summed E-state index contributed by atoms with van der Waals surface area (Å²) >= 11 is 5.91. The van der Waals surface area contributed by atoms with Crippen LogP contribution in [0.15, 0.2) is 23.2 Å². The molecule has 0 unspecified atom stereocenters. The molecule has 28 heavy (non-hydrogen) atoms. The fraction of sp³-hybridized carbons (Fsp3) is 0.400. The van der Waals surface area contributed by atoms with Gasteiger partial charge in [-0.1, -0.05) is 31.2 Å². The molecular weight excluding hydrogens is 379 g/mol. The van der Waals surface area contributed by atoms with Gasteiger partial charge < -0.3 is 15.5 Å². The molecule has 6 nitrogen and oxygen atoms in total. The summed E-state index contributed by atoms with van der Waals surface area (Å²) in [5.41, 5.74) is 7.81. The molecule has 0 atom stereocenters. The van der Waals surface area contributed by atoms with Crippen LogP contribution in [-0.4, -0.2) is 35.3 Å². The van der Waals surface area contributed by atoms with Gasteiger partial charge in [0.15, 0.2) is 11.6 Å². The van der Waals surface area contributed by atoms with E-state index in [0.717, 1.165) is 25.9 Å². The van der Waals surface area contributed by atoms with E-state index < -0.39 is 5.82 Å². The van der Waals surface area contributed by atoms with E-state index in [0.29, 0.717) is 36.0 Å². The van der Waals surface area contributed by atoms with Crippen molar-refractivity contribution in [2.75, 3.05) is 24.5 Å². The summed E-state index contributed by atoms with van der Waals surface area (Å²) in [6, 6.07) is 4.77. The van der Waals surface area contributed by atoms with Crippen molar-refractivity contribution in [3.05, 3.63) is 57.4 Å². The smallest absolute Gasteiger partial charge is 0.312 e. The second kappa shape index (κ2) is 7.12. The van der Waals surface area contributed by atoms with Gasteiger partial charge in [0.05, 0.1) is 11.6 Å². The van der Waals surface area contributed by atoms with Crippen molar-refractivity contribution in [2.24, 2.45) is 16.1 Å². The molecule has 144 valence electrons. The van der Waals surface area contributed by atoms with Crippen LogP contribution in [0, 0.1) is 17.8 Å². The van der Waals surface area contributed by atoms with E-state index in [2.05, 4.69) is 26.6 Å². The average molecular weight is 399 g/mol. The van der Waals surface area contributed by atoms with Gasteiger partial charge in [-0.25, -0.2) is 9.37 Å². The van der Waals surface area contributed by atoms with E-state index in [1.165, 1.54) is 6.07 Å². The zero-order valence-corrected chi connectivity index (χ0v) is 16.3. The fourth-order valence-electron chi connectivity index (χ4n) is 3.63. The lowest BCUT2D eigenvalue weighted by Gasteiger charge is -2.39. The molecule has 3 heterocycles. The summed E-state index contributed by atoms with van der Waals surface area (Å²) in [6.45, 7) is 12.3. The summed E-state index contributed by atoms with van der Waals surface area (Å²) in [4.78, 5) is 19.3. The molecule has 0 radical (unpaired) electrons. The second-order valence-corrected chi connectivity index (χ2v) is 7.95. The number of anilines is 1. The monoisotopic (exact) mass is 398 g/mol. The van der Waals surface area contributed by atoms with Gasteiger partial charge in [-0.05, 0) is 36.9 Å². The van der Waals surface area contributed by atoms with E-state index >= 15 is 0 Å². The lowest BCUT2D eigenvalue weighted by atomic mass is 9.80. The van der Waals surface area contributed by atoms with E-state index in [-0.39, 0.29) is 21.8 Å². The quantitative estimate of drug-likeness (QED) is 0.799. The Kier molecular flexibility index (Phi) is 4.77. The third kappa shape index (κ3) is 3.13. The summed E-state index contributed by atoms with van der Waals surface area (Å²) in [5, 5.41) is 0.0277. The number of rotatable bonds is 3. The van der Waals surface area contributed by atoms with Crippen molar-refractivity contribution < 1.29 is 4.39 Å². The number of aliphatic imine (C=N–C) groups is 1. The Bertz CT molecular complexity index is 1000. The Morgan fingerprint density at radius 1 is 1.32 bits per heavy atom. The fourth-order valence-corrected chi connectivity index (χ4v) is 3.80. The predicted octanol–water partition coefficient (Wildman–Crippen LogP) is 3.74. The van der Waals surface area contributed by atoms with Gasteiger partial charge in [0.2, 0.25) is 5.69 Å². The van der Waals surface area contributed by atoms with Crippen molar-refractivity contribution in [3.63, 3.8) is 0 Å². The molecule has 0 amide bonds. The van der Waals surface area contributed by atoms with Crippen LogP contribution >= 0.6 is 11.6 Å². The van der Waals surface area contributed by atoms with Crippen LogP contribution in [0.3, 0.4) is 0 Å². The molecule has 2 N–H and O–H groups in total. The third-order valence-corrected chi connectivity index (χ3v) is 5.91. The molecule has 0 bridgehead atoms. The number of fused-ring (bicyclic) bond motifs is 1. The largest absolute Gasteiger partial charge is 0.364 e. The molecule has 1 fully saturated rings. The van der Waals surface area contributed by atoms with Gasteiger partial charge in [0.1, 0.15) is 11.4 Å². The Balaban J connectivity index is 1.69. The Labute approximate surface area is 168 Å². The Hall–Kier alpha value is -2.56. The molecule has 2 aliphatic rings.